The minimum Gasteiger partial charge on any atom is -0.352 e. The predicted molar refractivity (Wildman–Crippen MR) is 132 cm³/mol. The number of rotatable bonds is 4. The fourth-order valence-electron chi connectivity index (χ4n) is 4.72. The van der Waals surface area contributed by atoms with E-state index in [0.29, 0.717) is 42.3 Å². The molecular weight excluding hydrogens is 474 g/mol. The van der Waals surface area contributed by atoms with Crippen LogP contribution in [0, 0.1) is 5.92 Å². The first-order chi connectivity index (χ1) is 16.3. The number of benzene rings is 2. The number of amides is 4. The number of imide groups is 1. The zero-order valence-electron chi connectivity index (χ0n) is 18.8. The van der Waals surface area contributed by atoms with Crippen LogP contribution in [0.25, 0.3) is 10.1 Å². The summed E-state index contributed by atoms with van der Waals surface area (Å²) in [6.07, 6.45) is 0. The van der Waals surface area contributed by atoms with Crippen LogP contribution in [-0.2, 0) is 10.3 Å². The lowest BCUT2D eigenvalue weighted by molar-refractivity contribution is -0.125. The Balaban J connectivity index is 1.28. The second-order valence-electron chi connectivity index (χ2n) is 8.87. The molecule has 2 N–H and O–H groups in total. The first kappa shape index (κ1) is 22.6. The van der Waals surface area contributed by atoms with Crippen molar-refractivity contribution in [2.45, 2.75) is 19.4 Å². The van der Waals surface area contributed by atoms with Crippen molar-refractivity contribution in [3.8, 4) is 0 Å². The SMILES string of the molecule is CC(C)[C@]1(c2ccc(C(=O)N3CCN(c4nsc5cc(Cl)ccc45)CC3)cc2)NC(=O)NC1=O. The smallest absolute Gasteiger partial charge is 0.322 e. The lowest BCUT2D eigenvalue weighted by Crippen LogP contribution is -2.49. The number of nitrogens with one attached hydrogen (secondary N) is 2. The molecule has 8 nitrogen and oxygen atoms in total. The molecule has 2 saturated heterocycles. The number of anilines is 1. The van der Waals surface area contributed by atoms with Crippen molar-refractivity contribution < 1.29 is 14.4 Å². The zero-order chi connectivity index (χ0) is 24.0. The van der Waals surface area contributed by atoms with Gasteiger partial charge in [0.2, 0.25) is 0 Å². The van der Waals surface area contributed by atoms with Gasteiger partial charge in [-0.25, -0.2) is 4.79 Å². The maximum Gasteiger partial charge on any atom is 0.322 e. The van der Waals surface area contributed by atoms with Gasteiger partial charge in [-0.1, -0.05) is 37.6 Å². The average Bonchev–Trinajstić information content (AvgIpc) is 3.38. The standard InChI is InChI=1S/C24H24ClN5O3S/c1-14(2)24(22(32)26-23(33)27-24)16-5-3-15(4-6-16)21(31)30-11-9-29(10-12-30)20-18-8-7-17(25)13-19(18)34-28-20/h3-8,13-14H,9-12H2,1-2H3,(H2,26,27,32,33)/t24-/m1/s1. The number of fused-ring (bicyclic) bond motifs is 1. The zero-order valence-corrected chi connectivity index (χ0v) is 20.4. The minimum absolute atomic E-state index is 0.0559. The van der Waals surface area contributed by atoms with Gasteiger partial charge < -0.3 is 15.1 Å². The predicted octanol–water partition coefficient (Wildman–Crippen LogP) is 3.60. The fraction of sp³-hybridized carbons (Fsp3) is 0.333. The van der Waals surface area contributed by atoms with Crippen LogP contribution in [0.1, 0.15) is 29.8 Å². The van der Waals surface area contributed by atoms with Crippen LogP contribution >= 0.6 is 23.1 Å². The van der Waals surface area contributed by atoms with Gasteiger partial charge in [-0.3, -0.25) is 14.9 Å². The molecule has 1 atom stereocenters. The van der Waals surface area contributed by atoms with Crippen molar-refractivity contribution >= 4 is 56.9 Å². The Kier molecular flexibility index (Phi) is 5.69. The van der Waals surface area contributed by atoms with E-state index in [0.717, 1.165) is 15.9 Å². The van der Waals surface area contributed by atoms with Gasteiger partial charge >= 0.3 is 6.03 Å². The molecule has 10 heteroatoms. The summed E-state index contributed by atoms with van der Waals surface area (Å²) < 4.78 is 5.66. The van der Waals surface area contributed by atoms with Crippen LogP contribution in [0.4, 0.5) is 10.6 Å². The number of carbonyl (C=O) groups is 3. The monoisotopic (exact) mass is 497 g/mol. The van der Waals surface area contributed by atoms with E-state index in [2.05, 4.69) is 19.9 Å². The molecule has 0 aliphatic carbocycles. The highest BCUT2D eigenvalue weighted by Gasteiger charge is 2.50. The fourth-order valence-corrected chi connectivity index (χ4v) is 5.79. The highest BCUT2D eigenvalue weighted by molar-refractivity contribution is 7.13. The molecule has 2 aromatic carbocycles. The number of nitrogens with zero attached hydrogens (tertiary/aromatic N) is 3. The van der Waals surface area contributed by atoms with Gasteiger partial charge in [0.25, 0.3) is 11.8 Å². The summed E-state index contributed by atoms with van der Waals surface area (Å²) in [6.45, 7) is 6.30. The summed E-state index contributed by atoms with van der Waals surface area (Å²) in [5.41, 5.74) is 0.0717. The number of hydrogen-bond acceptors (Lipinski definition) is 6. The Hall–Kier alpha value is -3.17. The van der Waals surface area contributed by atoms with Gasteiger partial charge in [0, 0.05) is 42.2 Å². The number of piperazine rings is 1. The molecule has 2 aliphatic rings. The van der Waals surface area contributed by atoms with Crippen molar-refractivity contribution in [2.24, 2.45) is 5.92 Å². The van der Waals surface area contributed by atoms with Crippen LogP contribution in [0.3, 0.4) is 0 Å². The molecule has 176 valence electrons. The van der Waals surface area contributed by atoms with E-state index in [1.165, 1.54) is 11.5 Å². The normalized spacial score (nSPS) is 20.7. The van der Waals surface area contributed by atoms with Crippen LogP contribution in [0.15, 0.2) is 42.5 Å². The van der Waals surface area contributed by atoms with Crippen molar-refractivity contribution in [3.05, 3.63) is 58.6 Å². The molecule has 4 amide bonds. The third-order valence-electron chi connectivity index (χ3n) is 6.63. The molecule has 3 heterocycles. The molecule has 0 saturated carbocycles. The van der Waals surface area contributed by atoms with Gasteiger partial charge in [-0.2, -0.15) is 4.37 Å². The number of carbonyl (C=O) groups excluding carboxylic acids is 3. The topological polar surface area (TPSA) is 94.6 Å². The molecule has 2 fully saturated rings. The summed E-state index contributed by atoms with van der Waals surface area (Å²) in [4.78, 5) is 41.5. The van der Waals surface area contributed by atoms with Crippen LogP contribution in [0.2, 0.25) is 5.02 Å². The third kappa shape index (κ3) is 3.69. The van der Waals surface area contributed by atoms with E-state index in [-0.39, 0.29) is 17.7 Å². The van der Waals surface area contributed by atoms with E-state index < -0.39 is 11.6 Å². The summed E-state index contributed by atoms with van der Waals surface area (Å²) >= 11 is 7.52. The van der Waals surface area contributed by atoms with Crippen molar-refractivity contribution in [1.82, 2.24) is 19.9 Å². The molecule has 0 bridgehead atoms. The number of aromatic nitrogens is 1. The molecule has 34 heavy (non-hydrogen) atoms. The largest absolute Gasteiger partial charge is 0.352 e. The van der Waals surface area contributed by atoms with Crippen molar-refractivity contribution in [3.63, 3.8) is 0 Å². The lowest BCUT2D eigenvalue weighted by Gasteiger charge is -2.35. The van der Waals surface area contributed by atoms with Crippen LogP contribution in [0.5, 0.6) is 0 Å². The number of hydrogen-bond donors (Lipinski definition) is 2. The number of halogens is 1. The van der Waals surface area contributed by atoms with Gasteiger partial charge in [0.05, 0.1) is 4.70 Å². The Morgan fingerprint density at radius 2 is 1.79 bits per heavy atom. The molecule has 5 rings (SSSR count). The summed E-state index contributed by atoms with van der Waals surface area (Å²) in [6, 6.07) is 12.2. The van der Waals surface area contributed by atoms with Crippen molar-refractivity contribution in [1.29, 1.82) is 0 Å². The Labute approximate surface area is 206 Å². The van der Waals surface area contributed by atoms with E-state index in [1.807, 2.05) is 36.9 Å². The molecule has 0 spiro atoms. The van der Waals surface area contributed by atoms with Crippen LogP contribution in [-0.4, -0.2) is 53.3 Å². The first-order valence-electron chi connectivity index (χ1n) is 11.1. The average molecular weight is 498 g/mol. The van der Waals surface area contributed by atoms with E-state index in [9.17, 15) is 14.4 Å². The first-order valence-corrected chi connectivity index (χ1v) is 12.3. The molecule has 3 aromatic rings. The van der Waals surface area contributed by atoms with Crippen LogP contribution < -0.4 is 15.5 Å². The van der Waals surface area contributed by atoms with Crippen molar-refractivity contribution in [2.75, 3.05) is 31.1 Å². The second kappa shape index (κ2) is 8.56. The third-order valence-corrected chi connectivity index (χ3v) is 7.66. The molecule has 2 aliphatic heterocycles. The number of urea groups is 1. The highest BCUT2D eigenvalue weighted by Crippen LogP contribution is 2.34. The minimum atomic E-state index is -1.13. The summed E-state index contributed by atoms with van der Waals surface area (Å²) in [5.74, 6) is 0.342. The molecular formula is C24H24ClN5O3S. The van der Waals surface area contributed by atoms with Gasteiger partial charge in [0.1, 0.15) is 11.4 Å². The Morgan fingerprint density at radius 1 is 1.09 bits per heavy atom. The quantitative estimate of drug-likeness (QED) is 0.537. The maximum absolute atomic E-state index is 13.1. The summed E-state index contributed by atoms with van der Waals surface area (Å²) in [7, 11) is 0. The maximum atomic E-state index is 13.1. The Morgan fingerprint density at radius 3 is 2.41 bits per heavy atom. The molecule has 1 aromatic heterocycles. The Bertz CT molecular complexity index is 1280. The second-order valence-corrected chi connectivity index (χ2v) is 10.1. The summed E-state index contributed by atoms with van der Waals surface area (Å²) in [5, 5.41) is 6.86. The van der Waals surface area contributed by atoms with Gasteiger partial charge in [0.15, 0.2) is 0 Å². The molecule has 0 unspecified atom stereocenters. The highest BCUT2D eigenvalue weighted by atomic mass is 35.5. The van der Waals surface area contributed by atoms with E-state index in [4.69, 9.17) is 11.6 Å². The van der Waals surface area contributed by atoms with E-state index in [1.54, 1.807) is 24.3 Å². The van der Waals surface area contributed by atoms with Gasteiger partial charge in [-0.05, 0) is 53.3 Å². The lowest BCUT2D eigenvalue weighted by atomic mass is 9.79. The van der Waals surface area contributed by atoms with E-state index >= 15 is 0 Å². The molecule has 0 radical (unpaired) electrons. The van der Waals surface area contributed by atoms with Gasteiger partial charge in [-0.15, -0.1) is 0 Å².